The van der Waals surface area contributed by atoms with Crippen LogP contribution in [-0.2, 0) is 4.79 Å². The second kappa shape index (κ2) is 6.80. The van der Waals surface area contributed by atoms with Gasteiger partial charge in [0.15, 0.2) is 5.82 Å². The van der Waals surface area contributed by atoms with Gasteiger partial charge in [-0.2, -0.15) is 0 Å². The molecule has 3 N–H and O–H groups in total. The van der Waals surface area contributed by atoms with Gasteiger partial charge in [-0.05, 0) is 41.4 Å². The Kier molecular flexibility index (Phi) is 5.68. The standard InChI is InChI=1S/C12H15BrF2N2O/c1-7(3-2-4-16)12(18)17-11-9(13)5-8(14)6-10(11)15/h5-7H,2-4,16H2,1H3,(H,17,18). The van der Waals surface area contributed by atoms with Gasteiger partial charge in [0.1, 0.15) is 5.82 Å². The molecule has 0 saturated carbocycles. The summed E-state index contributed by atoms with van der Waals surface area (Å²) in [6.07, 6.45) is 1.35. The number of rotatable bonds is 5. The first-order valence-electron chi connectivity index (χ1n) is 5.61. The van der Waals surface area contributed by atoms with E-state index in [-0.39, 0.29) is 22.0 Å². The fraction of sp³-hybridized carbons (Fsp3) is 0.417. The lowest BCUT2D eigenvalue weighted by Gasteiger charge is -2.13. The van der Waals surface area contributed by atoms with Crippen LogP contribution in [0.15, 0.2) is 16.6 Å². The molecule has 6 heteroatoms. The summed E-state index contributed by atoms with van der Waals surface area (Å²) < 4.78 is 26.5. The lowest BCUT2D eigenvalue weighted by Crippen LogP contribution is -2.22. The molecule has 0 aliphatic carbocycles. The molecule has 0 heterocycles. The number of carbonyl (C=O) groups is 1. The maximum Gasteiger partial charge on any atom is 0.227 e. The smallest absolute Gasteiger partial charge is 0.227 e. The number of amides is 1. The summed E-state index contributed by atoms with van der Waals surface area (Å²) in [5.74, 6) is -2.09. The molecule has 1 unspecified atom stereocenters. The summed E-state index contributed by atoms with van der Waals surface area (Å²) in [4.78, 5) is 11.8. The Morgan fingerprint density at radius 3 is 2.72 bits per heavy atom. The third-order valence-electron chi connectivity index (χ3n) is 2.54. The first kappa shape index (κ1) is 15.0. The van der Waals surface area contributed by atoms with E-state index in [0.717, 1.165) is 18.6 Å². The minimum absolute atomic E-state index is 0.0407. The topological polar surface area (TPSA) is 55.1 Å². The number of halogens is 3. The van der Waals surface area contributed by atoms with Crippen LogP contribution in [0.1, 0.15) is 19.8 Å². The van der Waals surface area contributed by atoms with Gasteiger partial charge in [0, 0.05) is 16.5 Å². The molecule has 0 aliphatic rings. The van der Waals surface area contributed by atoms with Crippen LogP contribution in [0.2, 0.25) is 0 Å². The van der Waals surface area contributed by atoms with Crippen molar-refractivity contribution in [2.45, 2.75) is 19.8 Å². The first-order valence-corrected chi connectivity index (χ1v) is 6.40. The highest BCUT2D eigenvalue weighted by molar-refractivity contribution is 9.10. The fourth-order valence-electron chi connectivity index (χ4n) is 1.46. The zero-order chi connectivity index (χ0) is 13.7. The molecule has 0 bridgehead atoms. The summed E-state index contributed by atoms with van der Waals surface area (Å²) >= 11 is 3.01. The van der Waals surface area contributed by atoms with E-state index in [1.54, 1.807) is 6.92 Å². The van der Waals surface area contributed by atoms with Crippen molar-refractivity contribution in [3.8, 4) is 0 Å². The molecule has 1 amide bonds. The van der Waals surface area contributed by atoms with E-state index >= 15 is 0 Å². The monoisotopic (exact) mass is 320 g/mol. The largest absolute Gasteiger partial charge is 0.330 e. The molecule has 0 spiro atoms. The number of carbonyl (C=O) groups excluding carboxylic acids is 1. The first-order chi connectivity index (χ1) is 8.45. The Balaban J connectivity index is 2.76. The summed E-state index contributed by atoms with van der Waals surface area (Å²) in [6, 6.07) is 1.83. The van der Waals surface area contributed by atoms with Crippen LogP contribution in [0, 0.1) is 17.6 Å². The normalized spacial score (nSPS) is 12.3. The van der Waals surface area contributed by atoms with Gasteiger partial charge in [-0.25, -0.2) is 8.78 Å². The van der Waals surface area contributed by atoms with Crippen molar-refractivity contribution in [3.63, 3.8) is 0 Å². The number of benzene rings is 1. The van der Waals surface area contributed by atoms with Crippen molar-refractivity contribution in [3.05, 3.63) is 28.2 Å². The van der Waals surface area contributed by atoms with Gasteiger partial charge in [-0.3, -0.25) is 4.79 Å². The van der Waals surface area contributed by atoms with Gasteiger partial charge >= 0.3 is 0 Å². The second-order valence-electron chi connectivity index (χ2n) is 4.07. The van der Waals surface area contributed by atoms with Crippen LogP contribution < -0.4 is 11.1 Å². The summed E-state index contributed by atoms with van der Waals surface area (Å²) in [5, 5.41) is 2.45. The number of hydrogen-bond donors (Lipinski definition) is 2. The van der Waals surface area contributed by atoms with E-state index in [2.05, 4.69) is 21.2 Å². The summed E-state index contributed by atoms with van der Waals surface area (Å²) in [5.41, 5.74) is 5.31. The molecule has 1 rings (SSSR count). The zero-order valence-electron chi connectivity index (χ0n) is 9.97. The highest BCUT2D eigenvalue weighted by atomic mass is 79.9. The van der Waals surface area contributed by atoms with Gasteiger partial charge in [-0.1, -0.05) is 6.92 Å². The van der Waals surface area contributed by atoms with Crippen LogP contribution in [0.25, 0.3) is 0 Å². The zero-order valence-corrected chi connectivity index (χ0v) is 11.6. The van der Waals surface area contributed by atoms with Gasteiger partial charge in [0.25, 0.3) is 0 Å². The van der Waals surface area contributed by atoms with Gasteiger partial charge in [-0.15, -0.1) is 0 Å². The molecule has 0 saturated heterocycles. The molecule has 1 atom stereocenters. The molecule has 0 fully saturated rings. The van der Waals surface area contributed by atoms with E-state index in [1.807, 2.05) is 0 Å². The third kappa shape index (κ3) is 4.03. The molecule has 0 aromatic heterocycles. The average Bonchev–Trinajstić information content (AvgIpc) is 2.30. The third-order valence-corrected chi connectivity index (χ3v) is 3.17. The second-order valence-corrected chi connectivity index (χ2v) is 4.92. The summed E-state index contributed by atoms with van der Waals surface area (Å²) in [7, 11) is 0. The van der Waals surface area contributed by atoms with E-state index in [0.29, 0.717) is 13.0 Å². The van der Waals surface area contributed by atoms with Gasteiger partial charge < -0.3 is 11.1 Å². The molecule has 1 aromatic carbocycles. The van der Waals surface area contributed by atoms with Crippen LogP contribution in [0.4, 0.5) is 14.5 Å². The Bertz CT molecular complexity index is 417. The van der Waals surface area contributed by atoms with Crippen molar-refractivity contribution in [1.82, 2.24) is 0 Å². The number of nitrogens with two attached hydrogens (primary N) is 1. The predicted molar refractivity (Wildman–Crippen MR) is 70.1 cm³/mol. The van der Waals surface area contributed by atoms with Crippen molar-refractivity contribution in [1.29, 1.82) is 0 Å². The van der Waals surface area contributed by atoms with Gasteiger partial charge in [0.05, 0.1) is 5.69 Å². The predicted octanol–water partition coefficient (Wildman–Crippen LogP) is 3.04. The molecule has 18 heavy (non-hydrogen) atoms. The highest BCUT2D eigenvalue weighted by Gasteiger charge is 2.17. The molecule has 0 radical (unpaired) electrons. The van der Waals surface area contributed by atoms with Crippen LogP contribution in [-0.4, -0.2) is 12.5 Å². The lowest BCUT2D eigenvalue weighted by molar-refractivity contribution is -0.119. The van der Waals surface area contributed by atoms with E-state index in [9.17, 15) is 13.6 Å². The Morgan fingerprint density at radius 2 is 2.17 bits per heavy atom. The van der Waals surface area contributed by atoms with E-state index < -0.39 is 11.6 Å². The van der Waals surface area contributed by atoms with Crippen molar-refractivity contribution >= 4 is 27.5 Å². The number of anilines is 1. The van der Waals surface area contributed by atoms with Crippen LogP contribution in [0.3, 0.4) is 0 Å². The van der Waals surface area contributed by atoms with Crippen LogP contribution in [0.5, 0.6) is 0 Å². The van der Waals surface area contributed by atoms with Crippen molar-refractivity contribution in [2.75, 3.05) is 11.9 Å². The molecular weight excluding hydrogens is 306 g/mol. The SMILES string of the molecule is CC(CCCN)C(=O)Nc1c(F)cc(F)cc1Br. The molecule has 0 aliphatic heterocycles. The fourth-order valence-corrected chi connectivity index (χ4v) is 1.97. The lowest BCUT2D eigenvalue weighted by atomic mass is 10.0. The maximum atomic E-state index is 13.5. The van der Waals surface area contributed by atoms with Gasteiger partial charge in [0.2, 0.25) is 5.91 Å². The van der Waals surface area contributed by atoms with Crippen molar-refractivity contribution < 1.29 is 13.6 Å². The highest BCUT2D eigenvalue weighted by Crippen LogP contribution is 2.27. The molecule has 1 aromatic rings. The van der Waals surface area contributed by atoms with E-state index in [1.165, 1.54) is 0 Å². The molecule has 100 valence electrons. The molecule has 3 nitrogen and oxygen atoms in total. The Hall–Kier alpha value is -1.01. The quantitative estimate of drug-likeness (QED) is 0.876. The minimum atomic E-state index is -0.804. The Labute approximate surface area is 113 Å². The average molecular weight is 321 g/mol. The minimum Gasteiger partial charge on any atom is -0.330 e. The van der Waals surface area contributed by atoms with Crippen molar-refractivity contribution in [2.24, 2.45) is 11.7 Å². The van der Waals surface area contributed by atoms with Crippen LogP contribution >= 0.6 is 15.9 Å². The van der Waals surface area contributed by atoms with E-state index in [4.69, 9.17) is 5.73 Å². The summed E-state index contributed by atoms with van der Waals surface area (Å²) in [6.45, 7) is 2.24. The Morgan fingerprint density at radius 1 is 1.50 bits per heavy atom. The maximum absolute atomic E-state index is 13.5. The number of hydrogen-bond acceptors (Lipinski definition) is 2. The molecular formula is C12H15BrF2N2O. The number of nitrogens with one attached hydrogen (secondary N) is 1.